The first-order valence-electron chi connectivity index (χ1n) is 7.74. The third-order valence-electron chi connectivity index (χ3n) is 3.74. The molecule has 0 aromatic carbocycles. The van der Waals surface area contributed by atoms with E-state index < -0.39 is 0 Å². The lowest BCUT2D eigenvalue weighted by Crippen LogP contribution is -2.23. The topological polar surface area (TPSA) is 39.9 Å². The molecule has 2 rings (SSSR count). The van der Waals surface area contributed by atoms with Gasteiger partial charge in [0, 0.05) is 43.4 Å². The van der Waals surface area contributed by atoms with Crippen LogP contribution < -0.4 is 0 Å². The van der Waals surface area contributed by atoms with Gasteiger partial charge in [-0.05, 0) is 26.7 Å². The summed E-state index contributed by atoms with van der Waals surface area (Å²) in [5.74, 6) is 1.16. The molecule has 0 fully saturated rings. The van der Waals surface area contributed by atoms with Crippen molar-refractivity contribution in [1.82, 2.24) is 14.5 Å². The molecule has 2 heterocycles. The predicted octanol–water partition coefficient (Wildman–Crippen LogP) is 3.89. The van der Waals surface area contributed by atoms with Crippen LogP contribution in [0.25, 0.3) is 0 Å². The molecule has 2 aromatic rings. The Kier molecular flexibility index (Phi) is 6.39. The molecule has 0 aliphatic heterocycles. The van der Waals surface area contributed by atoms with E-state index in [9.17, 15) is 0 Å². The summed E-state index contributed by atoms with van der Waals surface area (Å²) < 4.78 is 8.23. The van der Waals surface area contributed by atoms with E-state index in [2.05, 4.69) is 41.5 Å². The highest BCUT2D eigenvalue weighted by Crippen LogP contribution is 2.17. The van der Waals surface area contributed by atoms with Crippen molar-refractivity contribution in [3.05, 3.63) is 34.8 Å². The first kappa shape index (κ1) is 16.2. The Morgan fingerprint density at radius 3 is 2.81 bits per heavy atom. The van der Waals surface area contributed by atoms with Gasteiger partial charge in [0.05, 0.1) is 17.2 Å². The molecule has 0 saturated heterocycles. The molecule has 5 heteroatoms. The molecule has 0 aliphatic carbocycles. The molecule has 0 amide bonds. The van der Waals surface area contributed by atoms with Crippen LogP contribution in [0.1, 0.15) is 50.5 Å². The molecule has 0 N–H and O–H groups in total. The highest BCUT2D eigenvalue weighted by Gasteiger charge is 2.16. The molecule has 0 bridgehead atoms. The van der Waals surface area contributed by atoms with Crippen LogP contribution in [-0.4, -0.2) is 27.2 Å². The van der Waals surface area contributed by atoms with E-state index in [0.717, 1.165) is 38.1 Å². The number of aryl methyl sites for hydroxylation is 2. The molecule has 0 aliphatic rings. The zero-order valence-corrected chi connectivity index (χ0v) is 14.0. The molecule has 0 saturated carbocycles. The summed E-state index contributed by atoms with van der Waals surface area (Å²) in [5, 5.41) is 3.22. The molecule has 4 nitrogen and oxygen atoms in total. The third kappa shape index (κ3) is 4.64. The number of rotatable bonds is 9. The fraction of sp³-hybridized carbons (Fsp3) is 0.625. The Balaban J connectivity index is 1.76. The van der Waals surface area contributed by atoms with Gasteiger partial charge in [0.1, 0.15) is 5.82 Å². The van der Waals surface area contributed by atoms with Crippen LogP contribution in [0.15, 0.2) is 24.0 Å². The third-order valence-corrected chi connectivity index (χ3v) is 4.58. The molecule has 2 atom stereocenters. The van der Waals surface area contributed by atoms with Gasteiger partial charge in [0.2, 0.25) is 0 Å². The molecule has 21 heavy (non-hydrogen) atoms. The highest BCUT2D eigenvalue weighted by molar-refractivity contribution is 7.09. The van der Waals surface area contributed by atoms with Gasteiger partial charge in [0.25, 0.3) is 0 Å². The van der Waals surface area contributed by atoms with Crippen LogP contribution in [0.2, 0.25) is 0 Å². The van der Waals surface area contributed by atoms with E-state index in [0.29, 0.717) is 6.04 Å². The van der Waals surface area contributed by atoms with Gasteiger partial charge in [-0.1, -0.05) is 6.92 Å². The van der Waals surface area contributed by atoms with Crippen molar-refractivity contribution in [3.8, 4) is 0 Å². The standard InChI is InChI=1S/C16H25N3OS/c1-4-6-15-17-8-10-19(15)13(2)14(3)20-11-5-7-16-18-9-12-21-16/h8-10,12-14H,4-7,11H2,1-3H3. The minimum atomic E-state index is 0.186. The monoisotopic (exact) mass is 307 g/mol. The Hall–Kier alpha value is -1.20. The zero-order valence-electron chi connectivity index (χ0n) is 13.2. The van der Waals surface area contributed by atoms with Crippen LogP contribution in [-0.2, 0) is 17.6 Å². The summed E-state index contributed by atoms with van der Waals surface area (Å²) in [6.07, 6.45) is 10.2. The van der Waals surface area contributed by atoms with Gasteiger partial charge in [-0.15, -0.1) is 11.3 Å². The molecular weight excluding hydrogens is 282 g/mol. The lowest BCUT2D eigenvalue weighted by atomic mass is 10.2. The van der Waals surface area contributed by atoms with E-state index in [-0.39, 0.29) is 6.10 Å². The van der Waals surface area contributed by atoms with Crippen LogP contribution in [0, 0.1) is 0 Å². The maximum absolute atomic E-state index is 5.99. The maximum atomic E-state index is 5.99. The number of ether oxygens (including phenoxy) is 1. The number of aromatic nitrogens is 3. The van der Waals surface area contributed by atoms with Crippen molar-refractivity contribution in [2.45, 2.75) is 58.6 Å². The summed E-state index contributed by atoms with van der Waals surface area (Å²) in [5.41, 5.74) is 0. The van der Waals surface area contributed by atoms with E-state index in [1.807, 2.05) is 17.8 Å². The number of hydrogen-bond acceptors (Lipinski definition) is 4. The second-order valence-corrected chi connectivity index (χ2v) is 6.33. The Morgan fingerprint density at radius 2 is 2.10 bits per heavy atom. The van der Waals surface area contributed by atoms with Crippen molar-refractivity contribution in [2.24, 2.45) is 0 Å². The predicted molar refractivity (Wildman–Crippen MR) is 86.8 cm³/mol. The van der Waals surface area contributed by atoms with Crippen molar-refractivity contribution in [2.75, 3.05) is 6.61 Å². The number of thiazole rings is 1. The lowest BCUT2D eigenvalue weighted by Gasteiger charge is -2.23. The molecule has 2 unspecified atom stereocenters. The summed E-state index contributed by atoms with van der Waals surface area (Å²) in [7, 11) is 0. The fourth-order valence-electron chi connectivity index (χ4n) is 2.37. The summed E-state index contributed by atoms with van der Waals surface area (Å²) >= 11 is 1.71. The highest BCUT2D eigenvalue weighted by atomic mass is 32.1. The Labute approximate surface area is 131 Å². The van der Waals surface area contributed by atoms with Crippen LogP contribution in [0.3, 0.4) is 0 Å². The minimum Gasteiger partial charge on any atom is -0.376 e. The van der Waals surface area contributed by atoms with Gasteiger partial charge in [-0.25, -0.2) is 9.97 Å². The maximum Gasteiger partial charge on any atom is 0.108 e. The van der Waals surface area contributed by atoms with Gasteiger partial charge >= 0.3 is 0 Å². The molecule has 2 aromatic heterocycles. The number of nitrogens with zero attached hydrogens (tertiary/aromatic N) is 3. The van der Waals surface area contributed by atoms with Gasteiger partial charge in [-0.2, -0.15) is 0 Å². The number of imidazole rings is 1. The minimum absolute atomic E-state index is 0.186. The van der Waals surface area contributed by atoms with E-state index >= 15 is 0 Å². The largest absolute Gasteiger partial charge is 0.376 e. The van der Waals surface area contributed by atoms with Gasteiger partial charge in [0.15, 0.2) is 0 Å². The normalized spacial score (nSPS) is 14.2. The van der Waals surface area contributed by atoms with Crippen molar-refractivity contribution >= 4 is 11.3 Å². The number of hydrogen-bond donors (Lipinski definition) is 0. The first-order valence-corrected chi connectivity index (χ1v) is 8.62. The smallest absolute Gasteiger partial charge is 0.108 e. The lowest BCUT2D eigenvalue weighted by molar-refractivity contribution is 0.0320. The van der Waals surface area contributed by atoms with Gasteiger partial charge in [-0.3, -0.25) is 0 Å². The molecular formula is C16H25N3OS. The second-order valence-electron chi connectivity index (χ2n) is 5.35. The quantitative estimate of drug-likeness (QED) is 0.660. The average Bonchev–Trinajstić information content (AvgIpc) is 3.14. The van der Waals surface area contributed by atoms with Gasteiger partial charge < -0.3 is 9.30 Å². The van der Waals surface area contributed by atoms with E-state index in [1.165, 1.54) is 5.01 Å². The average molecular weight is 307 g/mol. The van der Waals surface area contributed by atoms with E-state index in [4.69, 9.17) is 4.74 Å². The molecule has 0 spiro atoms. The van der Waals surface area contributed by atoms with Crippen LogP contribution in [0.4, 0.5) is 0 Å². The van der Waals surface area contributed by atoms with E-state index in [1.54, 1.807) is 11.3 Å². The Morgan fingerprint density at radius 1 is 1.24 bits per heavy atom. The summed E-state index contributed by atoms with van der Waals surface area (Å²) in [6, 6.07) is 0.314. The van der Waals surface area contributed by atoms with Crippen molar-refractivity contribution < 1.29 is 4.74 Å². The Bertz CT molecular complexity index is 509. The van der Waals surface area contributed by atoms with Crippen molar-refractivity contribution in [3.63, 3.8) is 0 Å². The first-order chi connectivity index (χ1) is 10.2. The fourth-order valence-corrected chi connectivity index (χ4v) is 3.03. The summed E-state index contributed by atoms with van der Waals surface area (Å²) in [4.78, 5) is 8.73. The van der Waals surface area contributed by atoms with Crippen LogP contribution >= 0.6 is 11.3 Å². The SMILES string of the molecule is CCCc1nccn1C(C)C(C)OCCCc1nccs1. The van der Waals surface area contributed by atoms with Crippen molar-refractivity contribution in [1.29, 1.82) is 0 Å². The molecule has 0 radical (unpaired) electrons. The molecule has 116 valence electrons. The van der Waals surface area contributed by atoms with Crippen LogP contribution in [0.5, 0.6) is 0 Å². The second kappa shape index (κ2) is 8.29. The summed E-state index contributed by atoms with van der Waals surface area (Å²) in [6.45, 7) is 7.31. The zero-order chi connectivity index (χ0) is 15.1.